The standard InChI is InChI=1S/C26H24FN3O2S/c1-16-4-9-21(17(2)12-16)30-23(31)22-13-19-10-11-33-24(19)29(22)15-26(30,3)25(32)28-14-18-5-7-20(27)8-6-18/h4-13H,14-15H2,1-3H3,(H,28,32)/t26-/m0/s1. The van der Waals surface area contributed by atoms with E-state index in [4.69, 9.17) is 0 Å². The number of benzene rings is 2. The first kappa shape index (κ1) is 21.4. The minimum atomic E-state index is -1.15. The van der Waals surface area contributed by atoms with Crippen molar-refractivity contribution in [3.8, 4) is 0 Å². The average molecular weight is 462 g/mol. The Bertz CT molecular complexity index is 1390. The zero-order chi connectivity index (χ0) is 23.3. The number of thiophene rings is 1. The van der Waals surface area contributed by atoms with Crippen LogP contribution in [0, 0.1) is 19.7 Å². The van der Waals surface area contributed by atoms with Crippen LogP contribution in [0.2, 0.25) is 0 Å². The van der Waals surface area contributed by atoms with Crippen molar-refractivity contribution in [1.29, 1.82) is 0 Å². The largest absolute Gasteiger partial charge is 0.350 e. The van der Waals surface area contributed by atoms with E-state index >= 15 is 0 Å². The first-order chi connectivity index (χ1) is 15.8. The van der Waals surface area contributed by atoms with Gasteiger partial charge in [0.15, 0.2) is 0 Å². The number of amides is 2. The van der Waals surface area contributed by atoms with Gasteiger partial charge in [-0.15, -0.1) is 11.3 Å². The normalized spacial score (nSPS) is 17.9. The summed E-state index contributed by atoms with van der Waals surface area (Å²) in [6.07, 6.45) is 0. The molecule has 0 spiro atoms. The topological polar surface area (TPSA) is 54.3 Å². The highest BCUT2D eigenvalue weighted by Crippen LogP contribution is 2.38. The molecule has 0 fully saturated rings. The fourth-order valence-electron chi connectivity index (χ4n) is 4.61. The number of aromatic nitrogens is 1. The number of carbonyl (C=O) groups is 2. The van der Waals surface area contributed by atoms with Gasteiger partial charge in [-0.2, -0.15) is 0 Å². The minimum absolute atomic E-state index is 0.198. The number of hydrogen-bond donors (Lipinski definition) is 1. The van der Waals surface area contributed by atoms with E-state index in [9.17, 15) is 14.0 Å². The second-order valence-corrected chi connectivity index (χ2v) is 9.70. The molecule has 3 heterocycles. The highest BCUT2D eigenvalue weighted by molar-refractivity contribution is 7.16. The van der Waals surface area contributed by atoms with E-state index in [-0.39, 0.29) is 24.2 Å². The van der Waals surface area contributed by atoms with Gasteiger partial charge in [0.2, 0.25) is 5.91 Å². The lowest BCUT2D eigenvalue weighted by atomic mass is 9.92. The molecular weight excluding hydrogens is 437 g/mol. The van der Waals surface area contributed by atoms with Gasteiger partial charge in [-0.3, -0.25) is 14.5 Å². The van der Waals surface area contributed by atoms with Gasteiger partial charge in [0, 0.05) is 17.6 Å². The zero-order valence-electron chi connectivity index (χ0n) is 18.7. The number of rotatable bonds is 4. The molecule has 0 radical (unpaired) electrons. The van der Waals surface area contributed by atoms with Crippen molar-refractivity contribution in [3.63, 3.8) is 0 Å². The molecule has 0 saturated heterocycles. The molecule has 1 atom stereocenters. The molecule has 2 aromatic carbocycles. The van der Waals surface area contributed by atoms with Gasteiger partial charge in [-0.05, 0) is 67.6 Å². The van der Waals surface area contributed by atoms with E-state index in [1.54, 1.807) is 28.4 Å². The van der Waals surface area contributed by atoms with Crippen LogP contribution in [0.25, 0.3) is 10.2 Å². The maximum Gasteiger partial charge on any atom is 0.275 e. The Kier molecular flexibility index (Phi) is 5.09. The van der Waals surface area contributed by atoms with Gasteiger partial charge in [0.25, 0.3) is 5.91 Å². The Morgan fingerprint density at radius 1 is 1.12 bits per heavy atom. The first-order valence-corrected chi connectivity index (χ1v) is 11.7. The molecule has 5 nitrogen and oxygen atoms in total. The second kappa shape index (κ2) is 7.85. The molecule has 4 aromatic rings. The predicted molar refractivity (Wildman–Crippen MR) is 129 cm³/mol. The van der Waals surface area contributed by atoms with Crippen LogP contribution < -0.4 is 10.2 Å². The molecule has 2 aromatic heterocycles. The Balaban J connectivity index is 1.57. The van der Waals surface area contributed by atoms with Crippen molar-refractivity contribution in [2.24, 2.45) is 0 Å². The third-order valence-electron chi connectivity index (χ3n) is 6.33. The van der Waals surface area contributed by atoms with Crippen molar-refractivity contribution < 1.29 is 14.0 Å². The van der Waals surface area contributed by atoms with Gasteiger partial charge in [0.1, 0.15) is 21.9 Å². The second-order valence-electron chi connectivity index (χ2n) is 8.81. The van der Waals surface area contributed by atoms with Crippen LogP contribution in [0.1, 0.15) is 34.1 Å². The lowest BCUT2D eigenvalue weighted by Gasteiger charge is -2.44. The average Bonchev–Trinajstić information content (AvgIpc) is 3.37. The summed E-state index contributed by atoms with van der Waals surface area (Å²) in [5.74, 6) is -0.781. The van der Waals surface area contributed by atoms with Crippen LogP contribution >= 0.6 is 11.3 Å². The summed E-state index contributed by atoms with van der Waals surface area (Å²) >= 11 is 1.56. The molecule has 0 bridgehead atoms. The molecule has 0 saturated carbocycles. The number of nitrogens with one attached hydrogen (secondary N) is 1. The van der Waals surface area contributed by atoms with Gasteiger partial charge in [-0.25, -0.2) is 4.39 Å². The van der Waals surface area contributed by atoms with Crippen LogP contribution in [0.15, 0.2) is 60.0 Å². The number of aryl methyl sites for hydroxylation is 2. The van der Waals surface area contributed by atoms with Crippen molar-refractivity contribution in [2.45, 2.75) is 39.4 Å². The summed E-state index contributed by atoms with van der Waals surface area (Å²) in [5, 5.41) is 5.97. The van der Waals surface area contributed by atoms with Crippen LogP contribution in [0.5, 0.6) is 0 Å². The predicted octanol–water partition coefficient (Wildman–Crippen LogP) is 5.19. The highest BCUT2D eigenvalue weighted by Gasteiger charge is 2.49. The summed E-state index contributed by atoms with van der Waals surface area (Å²) < 4.78 is 15.2. The molecule has 33 heavy (non-hydrogen) atoms. The van der Waals surface area contributed by atoms with E-state index in [2.05, 4.69) is 5.32 Å². The van der Waals surface area contributed by atoms with E-state index in [0.29, 0.717) is 12.2 Å². The maximum absolute atomic E-state index is 13.8. The number of carbonyl (C=O) groups excluding carboxylic acids is 2. The quantitative estimate of drug-likeness (QED) is 0.455. The van der Waals surface area contributed by atoms with Crippen LogP contribution in [0.3, 0.4) is 0 Å². The summed E-state index contributed by atoms with van der Waals surface area (Å²) in [6.45, 7) is 6.35. The van der Waals surface area contributed by atoms with Crippen LogP contribution in [0.4, 0.5) is 10.1 Å². The smallest absolute Gasteiger partial charge is 0.275 e. The molecule has 0 aliphatic carbocycles. The lowest BCUT2D eigenvalue weighted by Crippen LogP contribution is -2.64. The van der Waals surface area contributed by atoms with E-state index in [1.807, 2.05) is 61.1 Å². The fraction of sp³-hybridized carbons (Fsp3) is 0.231. The highest BCUT2D eigenvalue weighted by atomic mass is 32.1. The summed E-state index contributed by atoms with van der Waals surface area (Å²) in [5.41, 5.74) is 2.96. The van der Waals surface area contributed by atoms with Gasteiger partial charge in [0.05, 0.1) is 6.54 Å². The lowest BCUT2D eigenvalue weighted by molar-refractivity contribution is -0.126. The van der Waals surface area contributed by atoms with Gasteiger partial charge >= 0.3 is 0 Å². The molecule has 0 unspecified atom stereocenters. The van der Waals surface area contributed by atoms with Gasteiger partial charge in [-0.1, -0.05) is 29.8 Å². The Morgan fingerprint density at radius 2 is 1.88 bits per heavy atom. The monoisotopic (exact) mass is 461 g/mol. The number of nitrogens with zero attached hydrogens (tertiary/aromatic N) is 2. The molecular formula is C26H24FN3O2S. The number of halogens is 1. The molecule has 1 N–H and O–H groups in total. The zero-order valence-corrected chi connectivity index (χ0v) is 19.5. The van der Waals surface area contributed by atoms with Crippen molar-refractivity contribution in [1.82, 2.24) is 9.88 Å². The van der Waals surface area contributed by atoms with Gasteiger partial charge < -0.3 is 9.88 Å². The number of fused-ring (bicyclic) bond motifs is 3. The van der Waals surface area contributed by atoms with E-state index in [1.165, 1.54) is 12.1 Å². The van der Waals surface area contributed by atoms with Crippen molar-refractivity contribution in [2.75, 3.05) is 4.90 Å². The number of anilines is 1. The van der Waals surface area contributed by atoms with E-state index in [0.717, 1.165) is 32.6 Å². The maximum atomic E-state index is 13.8. The molecule has 1 aliphatic heterocycles. The van der Waals surface area contributed by atoms with Crippen molar-refractivity contribution in [3.05, 3.63) is 88.2 Å². The van der Waals surface area contributed by atoms with Crippen LogP contribution in [-0.4, -0.2) is 21.9 Å². The third-order valence-corrected chi connectivity index (χ3v) is 7.28. The summed E-state index contributed by atoms with van der Waals surface area (Å²) in [6, 6.07) is 15.8. The summed E-state index contributed by atoms with van der Waals surface area (Å²) in [4.78, 5) is 30.1. The molecule has 1 aliphatic rings. The first-order valence-electron chi connectivity index (χ1n) is 10.8. The Morgan fingerprint density at radius 3 is 2.61 bits per heavy atom. The van der Waals surface area contributed by atoms with Crippen molar-refractivity contribution >= 4 is 39.1 Å². The Labute approximate surface area is 195 Å². The molecule has 7 heteroatoms. The SMILES string of the molecule is Cc1ccc(N2C(=O)c3cc4ccsc4n3C[C@@]2(C)C(=O)NCc2ccc(F)cc2)c(C)c1. The Hall–Kier alpha value is -3.45. The minimum Gasteiger partial charge on any atom is -0.350 e. The third kappa shape index (κ3) is 3.53. The summed E-state index contributed by atoms with van der Waals surface area (Å²) in [7, 11) is 0. The molecule has 5 rings (SSSR count). The number of hydrogen-bond acceptors (Lipinski definition) is 3. The van der Waals surface area contributed by atoms with Crippen LogP contribution in [-0.2, 0) is 17.9 Å². The molecule has 2 amide bonds. The molecule has 168 valence electrons. The fourth-order valence-corrected chi connectivity index (χ4v) is 5.50. The van der Waals surface area contributed by atoms with E-state index < -0.39 is 5.54 Å².